The highest BCUT2D eigenvalue weighted by molar-refractivity contribution is 6.30. The van der Waals surface area contributed by atoms with Gasteiger partial charge in [0.1, 0.15) is 5.82 Å². The number of aryl methyl sites for hydroxylation is 2. The Morgan fingerprint density at radius 3 is 1.83 bits per heavy atom. The minimum absolute atomic E-state index is 0.144. The van der Waals surface area contributed by atoms with E-state index in [0.717, 1.165) is 23.4 Å². The first kappa shape index (κ1) is 14.7. The van der Waals surface area contributed by atoms with Crippen LogP contribution in [0.3, 0.4) is 0 Å². The quantitative estimate of drug-likeness (QED) is 0.691. The van der Waals surface area contributed by atoms with Gasteiger partial charge in [0.05, 0.1) is 0 Å². The fraction of sp³-hybridized carbons (Fsp3) is 0.250. The van der Waals surface area contributed by atoms with Gasteiger partial charge in [-0.15, -0.1) is 0 Å². The third-order valence-corrected chi connectivity index (χ3v) is 2.83. The molecule has 0 amide bonds. The smallest absolute Gasteiger partial charge is 0.123 e. The molecule has 0 spiro atoms. The largest absolute Gasteiger partial charge is 0.207 e. The van der Waals surface area contributed by atoms with Crippen molar-refractivity contribution in [1.82, 2.24) is 0 Å². The molecule has 96 valence electrons. The number of hydrogen-bond acceptors (Lipinski definition) is 0. The summed E-state index contributed by atoms with van der Waals surface area (Å²) in [4.78, 5) is 0. The predicted octanol–water partition coefficient (Wildman–Crippen LogP) is 5.29. The first-order valence-electron chi connectivity index (χ1n) is 6.14. The van der Waals surface area contributed by atoms with Gasteiger partial charge in [0, 0.05) is 5.02 Å². The fourth-order valence-electron chi connectivity index (χ4n) is 1.51. The van der Waals surface area contributed by atoms with E-state index in [1.54, 1.807) is 12.1 Å². The number of rotatable bonds is 2. The van der Waals surface area contributed by atoms with Gasteiger partial charge in [-0.1, -0.05) is 49.7 Å². The monoisotopic (exact) mass is 264 g/mol. The fourth-order valence-corrected chi connectivity index (χ4v) is 1.73. The van der Waals surface area contributed by atoms with Crippen molar-refractivity contribution in [1.29, 1.82) is 0 Å². The lowest BCUT2D eigenvalue weighted by Crippen LogP contribution is -1.79. The molecule has 0 saturated heterocycles. The summed E-state index contributed by atoms with van der Waals surface area (Å²) in [6.07, 6.45) is 1.96. The summed E-state index contributed by atoms with van der Waals surface area (Å²) in [5.41, 5.74) is 2.34. The summed E-state index contributed by atoms with van der Waals surface area (Å²) in [7, 11) is 0. The second kappa shape index (κ2) is 7.88. The van der Waals surface area contributed by atoms with Gasteiger partial charge in [0.2, 0.25) is 0 Å². The molecule has 2 aromatic rings. The average molecular weight is 265 g/mol. The second-order valence-corrected chi connectivity index (χ2v) is 4.40. The van der Waals surface area contributed by atoms with Crippen molar-refractivity contribution < 1.29 is 4.39 Å². The van der Waals surface area contributed by atoms with Crippen LogP contribution in [0.15, 0.2) is 48.5 Å². The van der Waals surface area contributed by atoms with Crippen LogP contribution in [0.5, 0.6) is 0 Å². The summed E-state index contributed by atoms with van der Waals surface area (Å²) in [6, 6.07) is 14.6. The van der Waals surface area contributed by atoms with Crippen LogP contribution in [-0.2, 0) is 12.8 Å². The zero-order valence-electron chi connectivity index (χ0n) is 10.8. The molecule has 0 bridgehead atoms. The molecule has 0 aliphatic rings. The van der Waals surface area contributed by atoms with E-state index in [1.807, 2.05) is 31.2 Å². The van der Waals surface area contributed by atoms with Gasteiger partial charge >= 0.3 is 0 Å². The van der Waals surface area contributed by atoms with Crippen LogP contribution in [0.4, 0.5) is 4.39 Å². The van der Waals surface area contributed by atoms with Crippen molar-refractivity contribution >= 4 is 11.6 Å². The predicted molar refractivity (Wildman–Crippen MR) is 76.6 cm³/mol. The van der Waals surface area contributed by atoms with Gasteiger partial charge in [-0.3, -0.25) is 0 Å². The Morgan fingerprint density at radius 2 is 1.44 bits per heavy atom. The zero-order valence-corrected chi connectivity index (χ0v) is 11.5. The lowest BCUT2D eigenvalue weighted by atomic mass is 10.2. The topological polar surface area (TPSA) is 0 Å². The Hall–Kier alpha value is -1.34. The Balaban J connectivity index is 0.000000180. The first-order valence-corrected chi connectivity index (χ1v) is 6.52. The van der Waals surface area contributed by atoms with E-state index >= 15 is 0 Å². The van der Waals surface area contributed by atoms with Crippen LogP contribution in [0.25, 0.3) is 0 Å². The van der Waals surface area contributed by atoms with Crippen molar-refractivity contribution in [3.05, 3.63) is 70.5 Å². The van der Waals surface area contributed by atoms with Crippen LogP contribution in [0.1, 0.15) is 25.0 Å². The molecule has 2 aromatic carbocycles. The SMILES string of the molecule is CCc1cccc(Cl)c1.CCc1cccc(F)c1. The summed E-state index contributed by atoms with van der Waals surface area (Å²) in [6.45, 7) is 4.13. The average Bonchev–Trinajstić information content (AvgIpc) is 2.39. The molecule has 0 saturated carbocycles. The lowest BCUT2D eigenvalue weighted by Gasteiger charge is -1.93. The minimum Gasteiger partial charge on any atom is -0.207 e. The normalized spacial score (nSPS) is 9.56. The highest BCUT2D eigenvalue weighted by Crippen LogP contribution is 2.10. The van der Waals surface area contributed by atoms with Gasteiger partial charge in [-0.2, -0.15) is 0 Å². The number of benzene rings is 2. The van der Waals surface area contributed by atoms with E-state index in [9.17, 15) is 4.39 Å². The standard InChI is InChI=1S/C8H9Cl.C8H9F/c2*1-2-7-4-3-5-8(9)6-7/h2*3-6H,2H2,1H3. The van der Waals surface area contributed by atoms with E-state index in [1.165, 1.54) is 11.6 Å². The van der Waals surface area contributed by atoms with E-state index in [2.05, 4.69) is 13.0 Å². The lowest BCUT2D eigenvalue weighted by molar-refractivity contribution is 0.625. The summed E-state index contributed by atoms with van der Waals surface area (Å²) in [5.74, 6) is -0.144. The zero-order chi connectivity index (χ0) is 13.4. The van der Waals surface area contributed by atoms with E-state index in [0.29, 0.717) is 0 Å². The third kappa shape index (κ3) is 5.33. The summed E-state index contributed by atoms with van der Waals surface area (Å²) >= 11 is 5.72. The van der Waals surface area contributed by atoms with Crippen molar-refractivity contribution in [2.75, 3.05) is 0 Å². The molecule has 0 atom stereocenters. The van der Waals surface area contributed by atoms with Crippen molar-refractivity contribution in [3.63, 3.8) is 0 Å². The Bertz CT molecular complexity index is 435. The molecule has 0 heterocycles. The molecule has 0 aliphatic heterocycles. The molecule has 0 N–H and O–H groups in total. The molecular weight excluding hydrogens is 247 g/mol. The maximum Gasteiger partial charge on any atom is 0.123 e. The van der Waals surface area contributed by atoms with Crippen molar-refractivity contribution in [2.45, 2.75) is 26.7 Å². The molecule has 2 rings (SSSR count). The number of hydrogen-bond donors (Lipinski definition) is 0. The van der Waals surface area contributed by atoms with Crippen LogP contribution in [0, 0.1) is 5.82 Å². The van der Waals surface area contributed by atoms with Gasteiger partial charge < -0.3 is 0 Å². The second-order valence-electron chi connectivity index (χ2n) is 3.97. The highest BCUT2D eigenvalue weighted by atomic mass is 35.5. The summed E-state index contributed by atoms with van der Waals surface area (Å²) in [5, 5.41) is 0.828. The summed E-state index contributed by atoms with van der Waals surface area (Å²) < 4.78 is 12.4. The highest BCUT2D eigenvalue weighted by Gasteiger charge is 1.89. The maximum absolute atomic E-state index is 12.4. The van der Waals surface area contributed by atoms with Gasteiger partial charge in [-0.25, -0.2) is 4.39 Å². The Morgan fingerprint density at radius 1 is 0.889 bits per heavy atom. The van der Waals surface area contributed by atoms with Gasteiger partial charge in [0.15, 0.2) is 0 Å². The first-order chi connectivity index (χ1) is 8.65. The third-order valence-electron chi connectivity index (χ3n) is 2.59. The number of halogens is 2. The molecule has 0 fully saturated rings. The molecule has 0 aliphatic carbocycles. The molecular formula is C16H18ClF. The minimum atomic E-state index is -0.144. The van der Waals surface area contributed by atoms with Gasteiger partial charge in [0.25, 0.3) is 0 Å². The van der Waals surface area contributed by atoms with E-state index in [4.69, 9.17) is 11.6 Å². The molecule has 18 heavy (non-hydrogen) atoms. The van der Waals surface area contributed by atoms with Crippen molar-refractivity contribution in [2.24, 2.45) is 0 Å². The van der Waals surface area contributed by atoms with E-state index in [-0.39, 0.29) is 5.82 Å². The Kier molecular flexibility index (Phi) is 6.45. The molecule has 0 nitrogen and oxygen atoms in total. The van der Waals surface area contributed by atoms with Crippen LogP contribution in [0.2, 0.25) is 5.02 Å². The maximum atomic E-state index is 12.4. The molecule has 0 radical (unpaired) electrons. The molecule has 0 aromatic heterocycles. The van der Waals surface area contributed by atoms with Crippen LogP contribution < -0.4 is 0 Å². The van der Waals surface area contributed by atoms with Gasteiger partial charge in [-0.05, 0) is 48.2 Å². The van der Waals surface area contributed by atoms with Crippen LogP contribution >= 0.6 is 11.6 Å². The van der Waals surface area contributed by atoms with E-state index < -0.39 is 0 Å². The molecule has 0 unspecified atom stereocenters. The van der Waals surface area contributed by atoms with Crippen molar-refractivity contribution in [3.8, 4) is 0 Å². The van der Waals surface area contributed by atoms with Crippen LogP contribution in [-0.4, -0.2) is 0 Å². The Labute approximate surface area is 113 Å². The molecule has 2 heteroatoms.